The molecule has 0 spiro atoms. The predicted octanol–water partition coefficient (Wildman–Crippen LogP) is 4.01. The Hall–Kier alpha value is -2.03. The smallest absolute Gasteiger partial charge is 0.128 e. The highest BCUT2D eigenvalue weighted by Gasteiger charge is 2.10. The molecule has 0 aliphatic carbocycles. The van der Waals surface area contributed by atoms with Gasteiger partial charge in [0.1, 0.15) is 11.6 Å². The van der Waals surface area contributed by atoms with Crippen molar-refractivity contribution < 1.29 is 9.50 Å². The maximum atomic E-state index is 13.6. The zero-order chi connectivity index (χ0) is 13.1. The fraction of sp³-hybridized carbons (Fsp3) is 0.200. The highest BCUT2D eigenvalue weighted by molar-refractivity contribution is 5.51. The first-order valence-electron chi connectivity index (χ1n) is 5.88. The molecule has 0 saturated heterocycles. The molecule has 1 unspecified atom stereocenters. The molecule has 1 atom stereocenters. The Morgan fingerprint density at radius 1 is 1.17 bits per heavy atom. The second-order valence-corrected chi connectivity index (χ2v) is 4.39. The minimum absolute atomic E-state index is 0.129. The fourth-order valence-electron chi connectivity index (χ4n) is 1.90. The van der Waals surface area contributed by atoms with Crippen LogP contribution in [-0.4, -0.2) is 5.11 Å². The normalized spacial score (nSPS) is 12.2. The Labute approximate surface area is 106 Å². The van der Waals surface area contributed by atoms with Crippen LogP contribution in [0.25, 0.3) is 0 Å². The molecule has 2 aromatic rings. The third-order valence-electron chi connectivity index (χ3n) is 2.95. The number of aromatic hydroxyl groups is 1. The number of halogens is 1. The summed E-state index contributed by atoms with van der Waals surface area (Å²) in [6.07, 6.45) is 0. The Morgan fingerprint density at radius 3 is 2.56 bits per heavy atom. The van der Waals surface area contributed by atoms with E-state index in [1.54, 1.807) is 24.3 Å². The summed E-state index contributed by atoms with van der Waals surface area (Å²) in [7, 11) is 0. The zero-order valence-corrected chi connectivity index (χ0v) is 10.4. The van der Waals surface area contributed by atoms with Crippen LogP contribution in [0.2, 0.25) is 0 Å². The molecule has 2 N–H and O–H groups in total. The van der Waals surface area contributed by atoms with Gasteiger partial charge in [-0.2, -0.15) is 0 Å². The standard InChI is InChI=1S/C15H16FNO/c1-10-9-12(7-8-15(10)18)17-11(2)13-5-3-4-6-14(13)16/h3-9,11,17-18H,1-2H3. The van der Waals surface area contributed by atoms with Crippen LogP contribution < -0.4 is 5.32 Å². The Morgan fingerprint density at radius 2 is 1.89 bits per heavy atom. The molecule has 94 valence electrons. The second kappa shape index (κ2) is 5.08. The number of nitrogens with one attached hydrogen (secondary N) is 1. The number of rotatable bonds is 3. The third-order valence-corrected chi connectivity index (χ3v) is 2.95. The summed E-state index contributed by atoms with van der Waals surface area (Å²) in [5, 5.41) is 12.7. The molecule has 0 bridgehead atoms. The molecule has 2 nitrogen and oxygen atoms in total. The molecule has 0 heterocycles. The molecule has 2 rings (SSSR count). The van der Waals surface area contributed by atoms with Crippen LogP contribution in [0.1, 0.15) is 24.1 Å². The van der Waals surface area contributed by atoms with Gasteiger partial charge >= 0.3 is 0 Å². The van der Waals surface area contributed by atoms with Crippen molar-refractivity contribution in [2.24, 2.45) is 0 Å². The highest BCUT2D eigenvalue weighted by Crippen LogP contribution is 2.25. The quantitative estimate of drug-likeness (QED) is 0.801. The van der Waals surface area contributed by atoms with Crippen LogP contribution >= 0.6 is 0 Å². The van der Waals surface area contributed by atoms with E-state index in [2.05, 4.69) is 5.32 Å². The van der Waals surface area contributed by atoms with Crippen molar-refractivity contribution in [3.63, 3.8) is 0 Å². The van der Waals surface area contributed by atoms with Gasteiger partial charge in [-0.3, -0.25) is 0 Å². The van der Waals surface area contributed by atoms with Crippen molar-refractivity contribution in [1.82, 2.24) is 0 Å². The molecule has 0 fully saturated rings. The fourth-order valence-corrected chi connectivity index (χ4v) is 1.90. The molecular formula is C15H16FNO. The number of hydrogen-bond donors (Lipinski definition) is 2. The van der Waals surface area contributed by atoms with E-state index in [4.69, 9.17) is 0 Å². The van der Waals surface area contributed by atoms with Gasteiger partial charge in [0.15, 0.2) is 0 Å². The van der Waals surface area contributed by atoms with Crippen molar-refractivity contribution >= 4 is 5.69 Å². The van der Waals surface area contributed by atoms with Crippen LogP contribution in [-0.2, 0) is 0 Å². The summed E-state index contributed by atoms with van der Waals surface area (Å²) in [5.41, 5.74) is 2.28. The van der Waals surface area contributed by atoms with Crippen molar-refractivity contribution in [3.05, 3.63) is 59.4 Å². The Kier molecular flexibility index (Phi) is 3.51. The van der Waals surface area contributed by atoms with E-state index in [0.29, 0.717) is 5.56 Å². The van der Waals surface area contributed by atoms with Crippen molar-refractivity contribution in [3.8, 4) is 5.75 Å². The molecule has 2 aromatic carbocycles. The summed E-state index contributed by atoms with van der Waals surface area (Å²) in [4.78, 5) is 0. The van der Waals surface area contributed by atoms with E-state index in [-0.39, 0.29) is 17.6 Å². The lowest BCUT2D eigenvalue weighted by molar-refractivity contribution is 0.471. The molecule has 3 heteroatoms. The van der Waals surface area contributed by atoms with E-state index in [9.17, 15) is 9.50 Å². The van der Waals surface area contributed by atoms with Crippen LogP contribution in [0.5, 0.6) is 5.75 Å². The van der Waals surface area contributed by atoms with Crippen molar-refractivity contribution in [2.75, 3.05) is 5.32 Å². The molecule has 0 aromatic heterocycles. The Balaban J connectivity index is 2.19. The van der Waals surface area contributed by atoms with Crippen LogP contribution in [0, 0.1) is 12.7 Å². The molecule has 0 radical (unpaired) electrons. The molecule has 0 aliphatic heterocycles. The first-order valence-corrected chi connectivity index (χ1v) is 5.88. The van der Waals surface area contributed by atoms with Gasteiger partial charge in [0.25, 0.3) is 0 Å². The van der Waals surface area contributed by atoms with E-state index in [0.717, 1.165) is 11.3 Å². The molecular weight excluding hydrogens is 229 g/mol. The molecule has 0 saturated carbocycles. The maximum Gasteiger partial charge on any atom is 0.128 e. The van der Waals surface area contributed by atoms with Gasteiger partial charge in [0.2, 0.25) is 0 Å². The minimum atomic E-state index is -0.215. The van der Waals surface area contributed by atoms with E-state index < -0.39 is 0 Å². The number of aryl methyl sites for hydroxylation is 1. The Bertz CT molecular complexity index is 554. The maximum absolute atomic E-state index is 13.6. The van der Waals surface area contributed by atoms with Crippen molar-refractivity contribution in [2.45, 2.75) is 19.9 Å². The van der Waals surface area contributed by atoms with E-state index >= 15 is 0 Å². The monoisotopic (exact) mass is 245 g/mol. The summed E-state index contributed by atoms with van der Waals surface area (Å²) in [6.45, 7) is 3.73. The number of phenolic OH excluding ortho intramolecular Hbond substituents is 1. The lowest BCUT2D eigenvalue weighted by atomic mass is 10.1. The summed E-state index contributed by atoms with van der Waals surface area (Å²) < 4.78 is 13.6. The first kappa shape index (κ1) is 12.4. The van der Waals surface area contributed by atoms with Gasteiger partial charge < -0.3 is 10.4 Å². The number of hydrogen-bond acceptors (Lipinski definition) is 2. The average Bonchev–Trinajstić information content (AvgIpc) is 2.34. The highest BCUT2D eigenvalue weighted by atomic mass is 19.1. The number of phenols is 1. The predicted molar refractivity (Wildman–Crippen MR) is 71.3 cm³/mol. The van der Waals surface area contributed by atoms with Gasteiger partial charge in [-0.25, -0.2) is 4.39 Å². The summed E-state index contributed by atoms with van der Waals surface area (Å²) in [5.74, 6) is 0.0482. The molecule has 0 amide bonds. The van der Waals surface area contributed by atoms with Gasteiger partial charge in [-0.1, -0.05) is 18.2 Å². The number of benzene rings is 2. The van der Waals surface area contributed by atoms with Gasteiger partial charge in [-0.05, 0) is 43.7 Å². The van der Waals surface area contributed by atoms with Crippen LogP contribution in [0.15, 0.2) is 42.5 Å². The second-order valence-electron chi connectivity index (χ2n) is 4.39. The topological polar surface area (TPSA) is 32.3 Å². The van der Waals surface area contributed by atoms with Crippen molar-refractivity contribution in [1.29, 1.82) is 0 Å². The minimum Gasteiger partial charge on any atom is -0.508 e. The van der Waals surface area contributed by atoms with Gasteiger partial charge in [0, 0.05) is 11.3 Å². The summed E-state index contributed by atoms with van der Waals surface area (Å²) in [6, 6.07) is 11.8. The average molecular weight is 245 g/mol. The zero-order valence-electron chi connectivity index (χ0n) is 10.4. The molecule has 0 aliphatic rings. The lowest BCUT2D eigenvalue weighted by Gasteiger charge is -2.17. The van der Waals surface area contributed by atoms with E-state index in [1.807, 2.05) is 26.0 Å². The number of anilines is 1. The van der Waals surface area contributed by atoms with Crippen LogP contribution in [0.3, 0.4) is 0 Å². The summed E-state index contributed by atoms with van der Waals surface area (Å²) >= 11 is 0. The first-order chi connectivity index (χ1) is 8.58. The lowest BCUT2D eigenvalue weighted by Crippen LogP contribution is -2.08. The third kappa shape index (κ3) is 2.62. The SMILES string of the molecule is Cc1cc(NC(C)c2ccccc2F)ccc1O. The van der Waals surface area contributed by atoms with E-state index in [1.165, 1.54) is 6.07 Å². The van der Waals surface area contributed by atoms with Gasteiger partial charge in [0.05, 0.1) is 6.04 Å². The molecule has 18 heavy (non-hydrogen) atoms. The van der Waals surface area contributed by atoms with Gasteiger partial charge in [-0.15, -0.1) is 0 Å². The van der Waals surface area contributed by atoms with Crippen LogP contribution in [0.4, 0.5) is 10.1 Å². The largest absolute Gasteiger partial charge is 0.508 e.